The van der Waals surface area contributed by atoms with Crippen molar-refractivity contribution in [1.29, 1.82) is 0 Å². The molecule has 0 fully saturated rings. The lowest BCUT2D eigenvalue weighted by Crippen LogP contribution is -2.42. The quantitative estimate of drug-likeness (QED) is 0.634. The van der Waals surface area contributed by atoms with E-state index in [9.17, 15) is 13.2 Å². The van der Waals surface area contributed by atoms with E-state index in [4.69, 9.17) is 10.2 Å². The number of rotatable bonds is 5. The highest BCUT2D eigenvalue weighted by atomic mass is 19.4. The molecular formula is C10H15F3N4O2. The third-order valence-corrected chi connectivity index (χ3v) is 2.37. The Bertz CT molecular complexity index is 435. The maximum absolute atomic E-state index is 12.6. The van der Waals surface area contributed by atoms with Gasteiger partial charge in [-0.1, -0.05) is 0 Å². The highest BCUT2D eigenvalue weighted by molar-refractivity contribution is 5.44. The second-order valence-electron chi connectivity index (χ2n) is 4.21. The summed E-state index contributed by atoms with van der Waals surface area (Å²) in [5.41, 5.74) is -2.30. The van der Waals surface area contributed by atoms with Crippen LogP contribution in [-0.4, -0.2) is 46.0 Å². The van der Waals surface area contributed by atoms with Crippen LogP contribution in [0.3, 0.4) is 0 Å². The number of halogens is 3. The average molecular weight is 280 g/mol. The van der Waals surface area contributed by atoms with Crippen molar-refractivity contribution in [3.8, 4) is 0 Å². The summed E-state index contributed by atoms with van der Waals surface area (Å²) >= 11 is 0. The van der Waals surface area contributed by atoms with Crippen molar-refractivity contribution in [2.24, 2.45) is 0 Å². The van der Waals surface area contributed by atoms with Crippen LogP contribution in [0.25, 0.3) is 0 Å². The summed E-state index contributed by atoms with van der Waals surface area (Å²) in [6.45, 7) is 0.509. The fourth-order valence-electron chi connectivity index (χ4n) is 1.21. The molecule has 0 amide bonds. The van der Waals surface area contributed by atoms with Crippen LogP contribution in [-0.2, 0) is 6.18 Å². The molecule has 108 valence electrons. The van der Waals surface area contributed by atoms with E-state index in [1.165, 1.54) is 14.0 Å². The van der Waals surface area contributed by atoms with Gasteiger partial charge >= 0.3 is 6.18 Å². The minimum absolute atomic E-state index is 0.141. The van der Waals surface area contributed by atoms with E-state index in [0.717, 1.165) is 0 Å². The molecule has 19 heavy (non-hydrogen) atoms. The molecule has 1 heterocycles. The number of anilines is 2. The van der Waals surface area contributed by atoms with Crippen molar-refractivity contribution in [3.05, 3.63) is 11.8 Å². The van der Waals surface area contributed by atoms with Gasteiger partial charge in [0.25, 0.3) is 0 Å². The first-order chi connectivity index (χ1) is 8.74. The van der Waals surface area contributed by atoms with E-state index in [0.29, 0.717) is 6.07 Å². The van der Waals surface area contributed by atoms with Crippen LogP contribution in [0.2, 0.25) is 0 Å². The van der Waals surface area contributed by atoms with Gasteiger partial charge in [-0.3, -0.25) is 0 Å². The lowest BCUT2D eigenvalue weighted by Gasteiger charge is -2.27. The van der Waals surface area contributed by atoms with Crippen LogP contribution in [0.15, 0.2) is 6.07 Å². The van der Waals surface area contributed by atoms with Crippen LogP contribution in [0, 0.1) is 0 Å². The van der Waals surface area contributed by atoms with Gasteiger partial charge in [0, 0.05) is 13.1 Å². The monoisotopic (exact) mass is 280 g/mol. The molecule has 0 aliphatic carbocycles. The summed E-state index contributed by atoms with van der Waals surface area (Å²) in [5, 5.41) is 23.2. The molecule has 9 heteroatoms. The van der Waals surface area contributed by atoms with Crippen molar-refractivity contribution in [1.82, 2.24) is 9.97 Å². The summed E-state index contributed by atoms with van der Waals surface area (Å²) in [6, 6.07) is 0.713. The molecule has 0 bridgehead atoms. The number of aliphatic hydroxyl groups excluding tert-OH is 2. The van der Waals surface area contributed by atoms with Gasteiger partial charge in [0.15, 0.2) is 5.69 Å². The van der Waals surface area contributed by atoms with Crippen LogP contribution in [0.5, 0.6) is 0 Å². The Morgan fingerprint density at radius 3 is 2.21 bits per heavy atom. The molecule has 0 saturated heterocycles. The topological polar surface area (TPSA) is 90.3 Å². The van der Waals surface area contributed by atoms with Gasteiger partial charge in [-0.15, -0.1) is 0 Å². The number of hydrogen-bond donors (Lipinski definition) is 4. The third-order valence-electron chi connectivity index (χ3n) is 2.37. The fraction of sp³-hybridized carbons (Fsp3) is 0.600. The summed E-state index contributed by atoms with van der Waals surface area (Å²) in [7, 11) is 1.39. The third kappa shape index (κ3) is 3.93. The zero-order valence-corrected chi connectivity index (χ0v) is 10.4. The van der Waals surface area contributed by atoms with Crippen LogP contribution >= 0.6 is 0 Å². The number of hydrogen-bond acceptors (Lipinski definition) is 6. The van der Waals surface area contributed by atoms with Crippen LogP contribution < -0.4 is 10.6 Å². The number of alkyl halides is 3. The minimum Gasteiger partial charge on any atom is -0.394 e. The Labute approximate surface area is 107 Å². The molecule has 1 rings (SSSR count). The highest BCUT2D eigenvalue weighted by Crippen LogP contribution is 2.30. The van der Waals surface area contributed by atoms with Crippen molar-refractivity contribution < 1.29 is 23.4 Å². The Morgan fingerprint density at radius 1 is 1.21 bits per heavy atom. The second-order valence-corrected chi connectivity index (χ2v) is 4.21. The molecule has 0 radical (unpaired) electrons. The van der Waals surface area contributed by atoms with Gasteiger partial charge in [-0.2, -0.15) is 18.2 Å². The lowest BCUT2D eigenvalue weighted by atomic mass is 10.1. The highest BCUT2D eigenvalue weighted by Gasteiger charge is 2.34. The molecule has 0 aliphatic rings. The molecule has 1 aromatic rings. The average Bonchev–Trinajstić information content (AvgIpc) is 2.37. The predicted molar refractivity (Wildman–Crippen MR) is 62.8 cm³/mol. The van der Waals surface area contributed by atoms with Gasteiger partial charge in [-0.25, -0.2) is 4.98 Å². The summed E-state index contributed by atoms with van der Waals surface area (Å²) in [4.78, 5) is 7.08. The van der Waals surface area contributed by atoms with E-state index >= 15 is 0 Å². The summed E-state index contributed by atoms with van der Waals surface area (Å²) in [5.74, 6) is -0.354. The lowest BCUT2D eigenvalue weighted by molar-refractivity contribution is -0.141. The molecule has 0 spiro atoms. The van der Waals surface area contributed by atoms with Gasteiger partial charge in [-0.05, 0) is 6.92 Å². The van der Waals surface area contributed by atoms with Crippen molar-refractivity contribution in [2.45, 2.75) is 18.6 Å². The Hall–Kier alpha value is -1.61. The van der Waals surface area contributed by atoms with Gasteiger partial charge < -0.3 is 20.8 Å². The van der Waals surface area contributed by atoms with Crippen molar-refractivity contribution in [3.63, 3.8) is 0 Å². The normalized spacial score (nSPS) is 12.4. The molecule has 0 aromatic carbocycles. The Kier molecular flexibility index (Phi) is 4.53. The minimum atomic E-state index is -4.61. The van der Waals surface area contributed by atoms with Crippen LogP contribution in [0.1, 0.15) is 12.6 Å². The molecular weight excluding hydrogens is 265 g/mol. The van der Waals surface area contributed by atoms with E-state index < -0.39 is 30.6 Å². The largest absolute Gasteiger partial charge is 0.433 e. The Balaban J connectivity index is 3.14. The van der Waals surface area contributed by atoms with Crippen molar-refractivity contribution in [2.75, 3.05) is 30.9 Å². The molecule has 0 atom stereocenters. The summed E-state index contributed by atoms with van der Waals surface area (Å²) in [6.07, 6.45) is -4.61. The summed E-state index contributed by atoms with van der Waals surface area (Å²) < 4.78 is 37.9. The smallest absolute Gasteiger partial charge is 0.394 e. The zero-order valence-electron chi connectivity index (χ0n) is 10.4. The molecule has 0 unspecified atom stereocenters. The SMILES string of the molecule is CNc1nc(NC(C)(CO)CO)cc(C(F)(F)F)n1. The maximum Gasteiger partial charge on any atom is 0.433 e. The first kappa shape index (κ1) is 15.4. The molecule has 1 aromatic heterocycles. The number of aliphatic hydroxyl groups is 2. The van der Waals surface area contributed by atoms with Gasteiger partial charge in [0.05, 0.1) is 18.8 Å². The molecule has 6 nitrogen and oxygen atoms in total. The number of aromatic nitrogens is 2. The second kappa shape index (κ2) is 5.57. The van der Waals surface area contributed by atoms with Gasteiger partial charge in [0.1, 0.15) is 5.82 Å². The van der Waals surface area contributed by atoms with Crippen molar-refractivity contribution >= 4 is 11.8 Å². The van der Waals surface area contributed by atoms with E-state index in [1.54, 1.807) is 0 Å². The maximum atomic E-state index is 12.6. The molecule has 4 N–H and O–H groups in total. The fourth-order valence-corrected chi connectivity index (χ4v) is 1.21. The predicted octanol–water partition coefficient (Wildman–Crippen LogP) is 0.692. The molecule has 0 saturated carbocycles. The first-order valence-electron chi connectivity index (χ1n) is 5.38. The van der Waals surface area contributed by atoms with E-state index in [1.807, 2.05) is 0 Å². The Morgan fingerprint density at radius 2 is 1.79 bits per heavy atom. The molecule has 0 aliphatic heterocycles. The number of nitrogens with one attached hydrogen (secondary N) is 2. The van der Waals surface area contributed by atoms with E-state index in [-0.39, 0.29) is 11.8 Å². The van der Waals surface area contributed by atoms with Gasteiger partial charge in [0.2, 0.25) is 5.95 Å². The van der Waals surface area contributed by atoms with Crippen LogP contribution in [0.4, 0.5) is 24.9 Å². The number of nitrogens with zero attached hydrogens (tertiary/aromatic N) is 2. The zero-order chi connectivity index (χ0) is 14.7. The standard InChI is InChI=1S/C10H15F3N4O2/c1-9(4-18,5-19)17-7-3-6(10(11,12)13)15-8(14-2)16-7/h3,18-19H,4-5H2,1-2H3,(H2,14,15,16,17). The van der Waals surface area contributed by atoms with E-state index in [2.05, 4.69) is 20.6 Å². The first-order valence-corrected chi connectivity index (χ1v) is 5.38.